The van der Waals surface area contributed by atoms with Crippen molar-refractivity contribution in [3.05, 3.63) is 12.4 Å². The predicted molar refractivity (Wildman–Crippen MR) is 119 cm³/mol. The van der Waals surface area contributed by atoms with Crippen molar-refractivity contribution >= 4 is 35.8 Å². The smallest absolute Gasteiger partial charge is 0.243 e. The number of hydrogen-bond donors (Lipinski definition) is 2. The molecule has 28 heavy (non-hydrogen) atoms. The summed E-state index contributed by atoms with van der Waals surface area (Å²) in [5.74, 6) is 0.651. The van der Waals surface area contributed by atoms with E-state index in [1.807, 2.05) is 6.20 Å². The SMILES string of the molecule is CN(C)C(=O)CN=C(NCCCN1CCOCC1)NCCCn1ccnn1.I. The summed E-state index contributed by atoms with van der Waals surface area (Å²) < 4.78 is 7.16. The van der Waals surface area contributed by atoms with Crippen LogP contribution in [-0.2, 0) is 16.1 Å². The summed E-state index contributed by atoms with van der Waals surface area (Å²) in [5.41, 5.74) is 0. The molecule has 0 unspecified atom stereocenters. The molecule has 2 heterocycles. The fourth-order valence-corrected chi connectivity index (χ4v) is 2.60. The summed E-state index contributed by atoms with van der Waals surface area (Å²) in [6.45, 7) is 7.14. The van der Waals surface area contributed by atoms with Gasteiger partial charge in [0.05, 0.1) is 19.4 Å². The molecular formula is C17H33IN8O2. The third-order valence-electron chi connectivity index (χ3n) is 4.25. The molecule has 0 bridgehead atoms. The quantitative estimate of drug-likeness (QED) is 0.193. The lowest BCUT2D eigenvalue weighted by molar-refractivity contribution is -0.127. The second-order valence-corrected chi connectivity index (χ2v) is 6.63. The molecule has 1 saturated heterocycles. The van der Waals surface area contributed by atoms with E-state index in [2.05, 4.69) is 30.8 Å². The molecule has 160 valence electrons. The van der Waals surface area contributed by atoms with Crippen LogP contribution in [0, 0.1) is 0 Å². The highest BCUT2D eigenvalue weighted by Crippen LogP contribution is 1.97. The van der Waals surface area contributed by atoms with Crippen molar-refractivity contribution in [3.8, 4) is 0 Å². The third kappa shape index (κ3) is 10.2. The maximum atomic E-state index is 11.8. The van der Waals surface area contributed by atoms with Crippen molar-refractivity contribution in [2.45, 2.75) is 19.4 Å². The van der Waals surface area contributed by atoms with E-state index in [1.54, 1.807) is 29.9 Å². The van der Waals surface area contributed by atoms with Crippen LogP contribution in [0.3, 0.4) is 0 Å². The van der Waals surface area contributed by atoms with Crippen LogP contribution in [0.1, 0.15) is 12.8 Å². The van der Waals surface area contributed by atoms with Crippen LogP contribution in [0.25, 0.3) is 0 Å². The molecule has 0 saturated carbocycles. The number of likely N-dealkylation sites (N-methyl/N-ethyl adjacent to an activating group) is 1. The van der Waals surface area contributed by atoms with Gasteiger partial charge in [-0.25, -0.2) is 4.99 Å². The van der Waals surface area contributed by atoms with E-state index in [0.717, 1.165) is 65.3 Å². The third-order valence-corrected chi connectivity index (χ3v) is 4.25. The first kappa shape index (κ1) is 24.6. The van der Waals surface area contributed by atoms with E-state index in [0.29, 0.717) is 5.96 Å². The largest absolute Gasteiger partial charge is 0.379 e. The topological polar surface area (TPSA) is 99.9 Å². The molecule has 1 fully saturated rings. The van der Waals surface area contributed by atoms with E-state index in [9.17, 15) is 4.79 Å². The Morgan fingerprint density at radius 2 is 1.86 bits per heavy atom. The fourth-order valence-electron chi connectivity index (χ4n) is 2.60. The van der Waals surface area contributed by atoms with Gasteiger partial charge in [-0.05, 0) is 19.4 Å². The Morgan fingerprint density at radius 1 is 1.18 bits per heavy atom. The minimum Gasteiger partial charge on any atom is -0.379 e. The number of nitrogens with zero attached hydrogens (tertiary/aromatic N) is 6. The predicted octanol–water partition coefficient (Wildman–Crippen LogP) is -0.368. The van der Waals surface area contributed by atoms with Gasteiger partial charge >= 0.3 is 0 Å². The number of halogens is 1. The Balaban J connectivity index is 0.00000392. The van der Waals surface area contributed by atoms with Gasteiger partial charge in [0, 0.05) is 53.0 Å². The van der Waals surface area contributed by atoms with Gasteiger partial charge in [0.2, 0.25) is 5.91 Å². The van der Waals surface area contributed by atoms with E-state index in [-0.39, 0.29) is 36.4 Å². The lowest BCUT2D eigenvalue weighted by Gasteiger charge is -2.26. The number of carbonyl (C=O) groups excluding carboxylic acids is 1. The molecule has 1 aromatic heterocycles. The maximum absolute atomic E-state index is 11.8. The van der Waals surface area contributed by atoms with Gasteiger partial charge in [0.1, 0.15) is 6.54 Å². The number of ether oxygens (including phenoxy) is 1. The molecule has 11 heteroatoms. The van der Waals surface area contributed by atoms with Crippen molar-refractivity contribution in [3.63, 3.8) is 0 Å². The Labute approximate surface area is 184 Å². The van der Waals surface area contributed by atoms with Gasteiger partial charge in [-0.2, -0.15) is 0 Å². The summed E-state index contributed by atoms with van der Waals surface area (Å²) in [7, 11) is 3.47. The van der Waals surface area contributed by atoms with E-state index in [1.165, 1.54) is 0 Å². The number of hydrogen-bond acceptors (Lipinski definition) is 6. The molecular weight excluding hydrogens is 475 g/mol. The first-order valence-electron chi connectivity index (χ1n) is 9.51. The van der Waals surface area contributed by atoms with Gasteiger partial charge in [0.15, 0.2) is 5.96 Å². The molecule has 2 N–H and O–H groups in total. The van der Waals surface area contributed by atoms with Crippen LogP contribution < -0.4 is 10.6 Å². The summed E-state index contributed by atoms with van der Waals surface area (Å²) in [4.78, 5) is 20.1. The second-order valence-electron chi connectivity index (χ2n) is 6.63. The van der Waals surface area contributed by atoms with Crippen molar-refractivity contribution in [2.24, 2.45) is 4.99 Å². The summed E-state index contributed by atoms with van der Waals surface area (Å²) >= 11 is 0. The van der Waals surface area contributed by atoms with Gasteiger partial charge in [-0.15, -0.1) is 29.1 Å². The molecule has 0 atom stereocenters. The number of nitrogens with one attached hydrogen (secondary N) is 2. The molecule has 0 aromatic carbocycles. The molecule has 2 rings (SSSR count). The highest BCUT2D eigenvalue weighted by molar-refractivity contribution is 14.0. The van der Waals surface area contributed by atoms with Crippen molar-refractivity contribution in [1.29, 1.82) is 0 Å². The first-order valence-corrected chi connectivity index (χ1v) is 9.51. The minimum atomic E-state index is -0.0213. The maximum Gasteiger partial charge on any atom is 0.243 e. The standard InChI is InChI=1S/C17H32N8O2.HI/c1-23(2)16(26)15-20-17(19-6-4-9-25-10-7-21-22-25)18-5-3-8-24-11-13-27-14-12-24;/h7,10H,3-6,8-9,11-15H2,1-2H3,(H2,18,19,20);1H. The number of amides is 1. The number of aliphatic imine (C=N–C) groups is 1. The fraction of sp³-hybridized carbons (Fsp3) is 0.765. The molecule has 1 aromatic rings. The normalized spacial score (nSPS) is 15.0. The van der Waals surface area contributed by atoms with Crippen LogP contribution in [0.2, 0.25) is 0 Å². The molecule has 10 nitrogen and oxygen atoms in total. The van der Waals surface area contributed by atoms with Crippen LogP contribution >= 0.6 is 24.0 Å². The zero-order valence-corrected chi connectivity index (χ0v) is 19.2. The zero-order chi connectivity index (χ0) is 19.3. The average Bonchev–Trinajstić information content (AvgIpc) is 3.19. The molecule has 1 aliphatic heterocycles. The summed E-state index contributed by atoms with van der Waals surface area (Å²) in [6.07, 6.45) is 5.42. The number of carbonyl (C=O) groups is 1. The molecule has 0 aliphatic carbocycles. The van der Waals surface area contributed by atoms with Gasteiger partial charge in [-0.1, -0.05) is 5.21 Å². The van der Waals surface area contributed by atoms with Crippen molar-refractivity contribution < 1.29 is 9.53 Å². The second kappa shape index (κ2) is 14.5. The van der Waals surface area contributed by atoms with Crippen LogP contribution in [0.4, 0.5) is 0 Å². The van der Waals surface area contributed by atoms with E-state index < -0.39 is 0 Å². The minimum absolute atomic E-state index is 0. The van der Waals surface area contributed by atoms with Crippen molar-refractivity contribution in [1.82, 2.24) is 35.4 Å². The van der Waals surface area contributed by atoms with E-state index in [4.69, 9.17) is 4.74 Å². The van der Waals surface area contributed by atoms with Crippen LogP contribution in [0.15, 0.2) is 17.4 Å². The number of rotatable bonds is 10. The monoisotopic (exact) mass is 508 g/mol. The number of aromatic nitrogens is 3. The number of aryl methyl sites for hydroxylation is 1. The average molecular weight is 508 g/mol. The Hall–Kier alpha value is -1.47. The highest BCUT2D eigenvalue weighted by Gasteiger charge is 2.09. The zero-order valence-electron chi connectivity index (χ0n) is 16.8. The van der Waals surface area contributed by atoms with Crippen LogP contribution in [0.5, 0.6) is 0 Å². The number of guanidine groups is 1. The molecule has 0 spiro atoms. The Bertz CT molecular complexity index is 562. The highest BCUT2D eigenvalue weighted by atomic mass is 127. The Morgan fingerprint density at radius 3 is 2.46 bits per heavy atom. The first-order chi connectivity index (χ1) is 13.1. The lowest BCUT2D eigenvalue weighted by atomic mass is 10.3. The number of morpholine rings is 1. The van der Waals surface area contributed by atoms with Gasteiger partial charge in [0.25, 0.3) is 0 Å². The molecule has 1 amide bonds. The van der Waals surface area contributed by atoms with Crippen molar-refractivity contribution in [2.75, 3.05) is 66.6 Å². The van der Waals surface area contributed by atoms with Gasteiger partial charge in [-0.3, -0.25) is 14.4 Å². The van der Waals surface area contributed by atoms with Gasteiger partial charge < -0.3 is 20.3 Å². The molecule has 0 radical (unpaired) electrons. The van der Waals surface area contributed by atoms with E-state index >= 15 is 0 Å². The summed E-state index contributed by atoms with van der Waals surface area (Å²) in [5, 5.41) is 14.3. The molecule has 1 aliphatic rings. The van der Waals surface area contributed by atoms with Crippen LogP contribution in [-0.4, -0.2) is 103 Å². The summed E-state index contributed by atoms with van der Waals surface area (Å²) in [6, 6.07) is 0. The lowest BCUT2D eigenvalue weighted by Crippen LogP contribution is -2.41. The Kier molecular flexibility index (Phi) is 12.7.